The molecule has 2 N–H and O–H groups in total. The molecule has 10 heteroatoms. The van der Waals surface area contributed by atoms with E-state index < -0.39 is 24.3 Å². The normalized spacial score (nSPS) is 13.0. The lowest BCUT2D eigenvalue weighted by Gasteiger charge is -2.37. The van der Waals surface area contributed by atoms with Crippen LogP contribution in [-0.4, -0.2) is 61.4 Å². The summed E-state index contributed by atoms with van der Waals surface area (Å²) < 4.78 is 33.9. The minimum absolute atomic E-state index is 0.135. The maximum atomic E-state index is 13.2. The number of hydrogen-bond donors (Lipinski definition) is 2. The van der Waals surface area contributed by atoms with E-state index in [0.29, 0.717) is 18.7 Å². The summed E-state index contributed by atoms with van der Waals surface area (Å²) in [5, 5.41) is 10.2. The van der Waals surface area contributed by atoms with Crippen molar-refractivity contribution >= 4 is 41.3 Å². The summed E-state index contributed by atoms with van der Waals surface area (Å²) in [6.45, 7) is 14.2. The SMILES string of the molecule is CC(C)(C)[Si](C)(C)OCCN(CCc1c[nH]c2ccccc12)Cc1ccc(S(=O)(=O)n2ccc(C=CC(=O)O)c2)cc1. The molecule has 0 spiro atoms. The minimum atomic E-state index is -3.80. The van der Waals surface area contributed by atoms with Crippen molar-refractivity contribution in [3.8, 4) is 0 Å². The number of fused-ring (bicyclic) bond motifs is 1. The van der Waals surface area contributed by atoms with Gasteiger partial charge >= 0.3 is 5.97 Å². The number of H-pyrrole nitrogens is 1. The summed E-state index contributed by atoms with van der Waals surface area (Å²) in [6, 6.07) is 16.8. The van der Waals surface area contributed by atoms with Gasteiger partial charge in [0.1, 0.15) is 0 Å². The van der Waals surface area contributed by atoms with Crippen molar-refractivity contribution in [2.45, 2.75) is 56.8 Å². The fourth-order valence-electron chi connectivity index (χ4n) is 4.49. The standard InChI is InChI=1S/C32H41N3O5SSi/c1-32(2,3)42(4,5)40-21-20-34(18-17-27-22-33-30-9-7-6-8-29(27)30)23-25-10-13-28(14-11-25)41(38,39)35-19-16-26(24-35)12-15-31(36)37/h6-16,19,22,24,33H,17-18,20-21,23H2,1-5H3,(H,36,37). The second kappa shape index (κ2) is 12.8. The van der Waals surface area contributed by atoms with Gasteiger partial charge < -0.3 is 14.5 Å². The number of nitrogens with zero attached hydrogens (tertiary/aromatic N) is 2. The zero-order valence-electron chi connectivity index (χ0n) is 25.0. The van der Waals surface area contributed by atoms with Crippen molar-refractivity contribution in [2.24, 2.45) is 0 Å². The Morgan fingerprint density at radius 2 is 1.79 bits per heavy atom. The highest BCUT2D eigenvalue weighted by Gasteiger charge is 2.37. The van der Waals surface area contributed by atoms with Crippen LogP contribution in [0.5, 0.6) is 0 Å². The van der Waals surface area contributed by atoms with Crippen LogP contribution in [0.3, 0.4) is 0 Å². The Bertz CT molecular complexity index is 1650. The lowest BCUT2D eigenvalue weighted by Crippen LogP contribution is -2.43. The maximum Gasteiger partial charge on any atom is 0.328 e. The second-order valence-corrected chi connectivity index (χ2v) is 18.7. The predicted octanol–water partition coefficient (Wildman–Crippen LogP) is 6.37. The third-order valence-electron chi connectivity index (χ3n) is 8.06. The monoisotopic (exact) mass is 607 g/mol. The Labute approximate surface area is 249 Å². The lowest BCUT2D eigenvalue weighted by molar-refractivity contribution is -0.131. The molecular weight excluding hydrogens is 567 g/mol. The first-order valence-corrected chi connectivity index (χ1v) is 18.5. The molecule has 0 unspecified atom stereocenters. The molecule has 0 aliphatic rings. The topological polar surface area (TPSA) is 105 Å². The van der Waals surface area contributed by atoms with Gasteiger partial charge in [0.25, 0.3) is 10.0 Å². The number of aliphatic carboxylic acids is 1. The molecule has 4 aromatic rings. The highest BCUT2D eigenvalue weighted by molar-refractivity contribution is 7.90. The van der Waals surface area contributed by atoms with Gasteiger partial charge in [-0.15, -0.1) is 0 Å². The van der Waals surface area contributed by atoms with Crippen LogP contribution in [0.15, 0.2) is 84.2 Å². The lowest BCUT2D eigenvalue weighted by atomic mass is 10.1. The van der Waals surface area contributed by atoms with Crippen LogP contribution in [0.1, 0.15) is 37.5 Å². The highest BCUT2D eigenvalue weighted by Crippen LogP contribution is 2.36. The number of rotatable bonds is 13. The van der Waals surface area contributed by atoms with Gasteiger partial charge in [0.15, 0.2) is 8.32 Å². The molecule has 0 aliphatic heterocycles. The van der Waals surface area contributed by atoms with E-state index in [1.165, 1.54) is 29.4 Å². The molecular formula is C32H41N3O5SSi. The van der Waals surface area contributed by atoms with Crippen LogP contribution in [0, 0.1) is 0 Å². The number of carbonyl (C=O) groups is 1. The first-order valence-electron chi connectivity index (χ1n) is 14.1. The molecule has 0 saturated heterocycles. The molecule has 4 rings (SSSR count). The largest absolute Gasteiger partial charge is 0.478 e. The molecule has 0 saturated carbocycles. The molecule has 0 atom stereocenters. The molecule has 2 heterocycles. The van der Waals surface area contributed by atoms with Crippen molar-refractivity contribution in [3.63, 3.8) is 0 Å². The number of nitrogens with one attached hydrogen (secondary N) is 1. The van der Waals surface area contributed by atoms with E-state index in [1.54, 1.807) is 18.2 Å². The highest BCUT2D eigenvalue weighted by atomic mass is 32.2. The summed E-state index contributed by atoms with van der Waals surface area (Å²) >= 11 is 0. The quantitative estimate of drug-likeness (QED) is 0.135. The first kappa shape index (κ1) is 31.5. The first-order chi connectivity index (χ1) is 19.8. The van der Waals surface area contributed by atoms with Gasteiger partial charge in [-0.2, -0.15) is 0 Å². The number of carboxylic acids is 1. The second-order valence-electron chi connectivity index (χ2n) is 12.1. The van der Waals surface area contributed by atoms with Gasteiger partial charge in [-0.25, -0.2) is 17.2 Å². The van der Waals surface area contributed by atoms with Gasteiger partial charge in [-0.05, 0) is 71.6 Å². The Kier molecular flexibility index (Phi) is 9.62. The molecule has 0 radical (unpaired) electrons. The number of para-hydroxylation sites is 1. The Hall–Kier alpha value is -3.44. The van der Waals surface area contributed by atoms with Crippen molar-refractivity contribution in [3.05, 3.63) is 96.0 Å². The Balaban J connectivity index is 1.47. The fraction of sp³-hybridized carbons (Fsp3) is 0.344. The predicted molar refractivity (Wildman–Crippen MR) is 171 cm³/mol. The number of aromatic nitrogens is 2. The van der Waals surface area contributed by atoms with E-state index in [2.05, 4.69) is 68.1 Å². The summed E-state index contributed by atoms with van der Waals surface area (Å²) in [6.07, 6.45) is 8.11. The van der Waals surface area contributed by atoms with Crippen molar-refractivity contribution in [2.75, 3.05) is 19.7 Å². The van der Waals surface area contributed by atoms with E-state index >= 15 is 0 Å². The van der Waals surface area contributed by atoms with Gasteiger partial charge in [-0.3, -0.25) is 4.90 Å². The third-order valence-corrected chi connectivity index (χ3v) is 14.3. The Morgan fingerprint density at radius 3 is 2.48 bits per heavy atom. The van der Waals surface area contributed by atoms with Crippen molar-refractivity contribution < 1.29 is 22.7 Å². The van der Waals surface area contributed by atoms with Gasteiger partial charge in [0.05, 0.1) is 4.90 Å². The van der Waals surface area contributed by atoms with Crippen LogP contribution in [0.4, 0.5) is 0 Å². The molecule has 2 aromatic carbocycles. The minimum Gasteiger partial charge on any atom is -0.478 e. The Morgan fingerprint density at radius 1 is 1.07 bits per heavy atom. The summed E-state index contributed by atoms with van der Waals surface area (Å²) in [5.41, 5.74) is 3.90. The maximum absolute atomic E-state index is 13.2. The summed E-state index contributed by atoms with van der Waals surface area (Å²) in [7, 11) is -5.68. The van der Waals surface area contributed by atoms with E-state index in [0.717, 1.165) is 40.6 Å². The summed E-state index contributed by atoms with van der Waals surface area (Å²) in [4.78, 5) is 16.7. The molecule has 2 aromatic heterocycles. The van der Waals surface area contributed by atoms with Crippen molar-refractivity contribution in [1.82, 2.24) is 13.9 Å². The zero-order chi connectivity index (χ0) is 30.5. The van der Waals surface area contributed by atoms with E-state index in [-0.39, 0.29) is 9.93 Å². The molecule has 0 aliphatic carbocycles. The average molecular weight is 608 g/mol. The fourth-order valence-corrected chi connectivity index (χ4v) is 6.73. The van der Waals surface area contributed by atoms with Crippen LogP contribution in [0.25, 0.3) is 17.0 Å². The number of benzene rings is 2. The molecule has 8 nitrogen and oxygen atoms in total. The van der Waals surface area contributed by atoms with Gasteiger partial charge in [-0.1, -0.05) is 51.1 Å². The average Bonchev–Trinajstić information content (AvgIpc) is 3.58. The van der Waals surface area contributed by atoms with Crippen LogP contribution in [-0.2, 0) is 32.2 Å². The third kappa shape index (κ3) is 7.68. The zero-order valence-corrected chi connectivity index (χ0v) is 26.8. The number of aromatic amines is 1. The van der Waals surface area contributed by atoms with Crippen LogP contribution in [0.2, 0.25) is 18.1 Å². The van der Waals surface area contributed by atoms with Gasteiger partial charge in [0, 0.05) is 61.8 Å². The summed E-state index contributed by atoms with van der Waals surface area (Å²) in [5.74, 6) is -1.09. The molecule has 224 valence electrons. The van der Waals surface area contributed by atoms with Crippen LogP contribution >= 0.6 is 0 Å². The van der Waals surface area contributed by atoms with Crippen LogP contribution < -0.4 is 0 Å². The molecule has 0 bridgehead atoms. The molecule has 0 amide bonds. The number of carboxylic acid groups (broad SMARTS) is 1. The van der Waals surface area contributed by atoms with E-state index in [4.69, 9.17) is 9.53 Å². The van der Waals surface area contributed by atoms with Crippen molar-refractivity contribution in [1.29, 1.82) is 0 Å². The molecule has 0 fully saturated rings. The van der Waals surface area contributed by atoms with E-state index in [1.807, 2.05) is 18.2 Å². The van der Waals surface area contributed by atoms with E-state index in [9.17, 15) is 13.2 Å². The molecule has 42 heavy (non-hydrogen) atoms. The smallest absolute Gasteiger partial charge is 0.328 e. The number of hydrogen-bond acceptors (Lipinski definition) is 5. The van der Waals surface area contributed by atoms with Gasteiger partial charge in [0.2, 0.25) is 0 Å².